The van der Waals surface area contributed by atoms with E-state index in [0.29, 0.717) is 0 Å². The van der Waals surface area contributed by atoms with Crippen molar-refractivity contribution in [1.82, 2.24) is 0 Å². The Hall–Kier alpha value is -2.27. The van der Waals surface area contributed by atoms with Gasteiger partial charge >= 0.3 is 0 Å². The number of oxime groups is 1. The van der Waals surface area contributed by atoms with Gasteiger partial charge in [0.1, 0.15) is 0 Å². The maximum Gasteiger partial charge on any atom is 0.272 e. The fraction of sp³-hybridized carbons (Fsp3) is 0.176. The van der Waals surface area contributed by atoms with E-state index in [1.807, 2.05) is 62.4 Å². The van der Waals surface area contributed by atoms with E-state index in [1.54, 1.807) is 16.7 Å². The first-order valence-electron chi connectivity index (χ1n) is 6.99. The molecule has 3 rings (SSSR count). The Bertz CT molecular complexity index is 693. The van der Waals surface area contributed by atoms with Crippen LogP contribution in [0.5, 0.6) is 0 Å². The monoisotopic (exact) mass is 312 g/mol. The number of hydrogen-bond acceptors (Lipinski definition) is 4. The van der Waals surface area contributed by atoms with E-state index in [0.717, 1.165) is 26.9 Å². The lowest BCUT2D eigenvalue weighted by atomic mass is 10.2. The van der Waals surface area contributed by atoms with Crippen LogP contribution in [-0.4, -0.2) is 18.2 Å². The van der Waals surface area contributed by atoms with Crippen molar-refractivity contribution in [1.29, 1.82) is 0 Å². The quantitative estimate of drug-likeness (QED) is 0.629. The van der Waals surface area contributed by atoms with E-state index in [-0.39, 0.29) is 12.5 Å². The number of rotatable bonds is 3. The summed E-state index contributed by atoms with van der Waals surface area (Å²) in [5.41, 5.74) is 2.55. The molecule has 1 heterocycles. The number of amides is 1. The number of para-hydroxylation sites is 2. The summed E-state index contributed by atoms with van der Waals surface area (Å²) in [5.74, 6) is -0.134. The van der Waals surface area contributed by atoms with Gasteiger partial charge in [-0.05, 0) is 38.1 Å². The highest BCUT2D eigenvalue weighted by Gasteiger charge is 2.27. The Morgan fingerprint density at radius 1 is 1.05 bits per heavy atom. The second-order valence-corrected chi connectivity index (χ2v) is 6.16. The van der Waals surface area contributed by atoms with Crippen molar-refractivity contribution >= 4 is 34.8 Å². The fourth-order valence-corrected chi connectivity index (χ4v) is 3.31. The van der Waals surface area contributed by atoms with E-state index in [4.69, 9.17) is 4.84 Å². The van der Waals surface area contributed by atoms with Gasteiger partial charge in [0.2, 0.25) is 0 Å². The summed E-state index contributed by atoms with van der Waals surface area (Å²) in [6.45, 7) is 3.57. The zero-order valence-corrected chi connectivity index (χ0v) is 13.3. The SMILES string of the molecule is CC(C)=NOCC(=O)N1c2ccccc2Sc2ccccc21. The first kappa shape index (κ1) is 14.7. The third-order valence-corrected chi connectivity index (χ3v) is 4.25. The van der Waals surface area contributed by atoms with E-state index in [2.05, 4.69) is 5.16 Å². The summed E-state index contributed by atoms with van der Waals surface area (Å²) in [4.78, 5) is 21.6. The molecule has 0 aromatic heterocycles. The minimum absolute atomic E-state index is 0.0848. The highest BCUT2D eigenvalue weighted by atomic mass is 32.2. The summed E-state index contributed by atoms with van der Waals surface area (Å²) >= 11 is 1.67. The molecule has 112 valence electrons. The van der Waals surface area contributed by atoms with Gasteiger partial charge in [0.25, 0.3) is 5.91 Å². The van der Waals surface area contributed by atoms with E-state index < -0.39 is 0 Å². The van der Waals surface area contributed by atoms with Crippen LogP contribution >= 0.6 is 11.8 Å². The van der Waals surface area contributed by atoms with Gasteiger partial charge in [-0.25, -0.2) is 0 Å². The third-order valence-electron chi connectivity index (χ3n) is 3.12. The lowest BCUT2D eigenvalue weighted by Gasteiger charge is -2.30. The molecule has 0 saturated heterocycles. The Labute approximate surface area is 133 Å². The van der Waals surface area contributed by atoms with Crippen molar-refractivity contribution in [3.8, 4) is 0 Å². The highest BCUT2D eigenvalue weighted by Crippen LogP contribution is 2.47. The topological polar surface area (TPSA) is 41.9 Å². The van der Waals surface area contributed by atoms with Crippen LogP contribution < -0.4 is 4.90 Å². The minimum atomic E-state index is -0.134. The van der Waals surface area contributed by atoms with Gasteiger partial charge in [-0.3, -0.25) is 9.69 Å². The summed E-state index contributed by atoms with van der Waals surface area (Å²) in [6.07, 6.45) is 0. The molecule has 0 fully saturated rings. The molecule has 5 heteroatoms. The molecule has 0 unspecified atom stereocenters. The Balaban J connectivity index is 1.96. The van der Waals surface area contributed by atoms with Gasteiger partial charge in [-0.15, -0.1) is 0 Å². The van der Waals surface area contributed by atoms with Crippen LogP contribution in [0, 0.1) is 0 Å². The van der Waals surface area contributed by atoms with Crippen molar-refractivity contribution in [3.63, 3.8) is 0 Å². The molecule has 0 bridgehead atoms. The number of fused-ring (bicyclic) bond motifs is 2. The molecule has 2 aromatic carbocycles. The zero-order chi connectivity index (χ0) is 15.5. The first-order valence-corrected chi connectivity index (χ1v) is 7.80. The maximum atomic E-state index is 12.6. The number of hydrogen-bond donors (Lipinski definition) is 0. The van der Waals surface area contributed by atoms with Gasteiger partial charge in [0.05, 0.1) is 17.1 Å². The Kier molecular flexibility index (Phi) is 4.15. The molecule has 0 atom stereocenters. The zero-order valence-electron chi connectivity index (χ0n) is 12.4. The molecular weight excluding hydrogens is 296 g/mol. The number of benzene rings is 2. The molecule has 0 radical (unpaired) electrons. The van der Waals surface area contributed by atoms with Crippen LogP contribution in [0.1, 0.15) is 13.8 Å². The van der Waals surface area contributed by atoms with Crippen molar-refractivity contribution < 1.29 is 9.63 Å². The number of nitrogens with zero attached hydrogens (tertiary/aromatic N) is 2. The molecule has 0 aliphatic carbocycles. The molecule has 22 heavy (non-hydrogen) atoms. The van der Waals surface area contributed by atoms with Crippen molar-refractivity contribution in [2.75, 3.05) is 11.5 Å². The predicted molar refractivity (Wildman–Crippen MR) is 88.9 cm³/mol. The second kappa shape index (κ2) is 6.23. The molecule has 2 aromatic rings. The molecule has 0 spiro atoms. The van der Waals surface area contributed by atoms with Crippen LogP contribution in [0.15, 0.2) is 63.5 Å². The van der Waals surface area contributed by atoms with Crippen LogP contribution in [0.4, 0.5) is 11.4 Å². The number of carbonyl (C=O) groups excluding carboxylic acids is 1. The summed E-state index contributed by atoms with van der Waals surface area (Å²) < 4.78 is 0. The molecular formula is C17H16N2O2S. The first-order chi connectivity index (χ1) is 10.7. The number of carbonyl (C=O) groups is 1. The predicted octanol–water partition coefficient (Wildman–Crippen LogP) is 4.23. The van der Waals surface area contributed by atoms with E-state index in [1.165, 1.54) is 0 Å². The van der Waals surface area contributed by atoms with Crippen molar-refractivity contribution in [2.45, 2.75) is 23.6 Å². The molecule has 1 amide bonds. The molecule has 1 aliphatic heterocycles. The van der Waals surface area contributed by atoms with Crippen LogP contribution in [-0.2, 0) is 9.63 Å². The second-order valence-electron chi connectivity index (χ2n) is 5.08. The van der Waals surface area contributed by atoms with Crippen LogP contribution in [0.2, 0.25) is 0 Å². The lowest BCUT2D eigenvalue weighted by molar-refractivity contribution is -0.122. The van der Waals surface area contributed by atoms with E-state index >= 15 is 0 Å². The van der Waals surface area contributed by atoms with Crippen molar-refractivity contribution in [3.05, 3.63) is 48.5 Å². The van der Waals surface area contributed by atoms with E-state index in [9.17, 15) is 4.79 Å². The molecule has 1 aliphatic rings. The fourth-order valence-electron chi connectivity index (χ4n) is 2.25. The van der Waals surface area contributed by atoms with Crippen LogP contribution in [0.3, 0.4) is 0 Å². The third kappa shape index (κ3) is 2.85. The average Bonchev–Trinajstić information content (AvgIpc) is 2.52. The van der Waals surface area contributed by atoms with Gasteiger partial charge in [-0.1, -0.05) is 41.2 Å². The van der Waals surface area contributed by atoms with Gasteiger partial charge in [0.15, 0.2) is 6.61 Å². The number of anilines is 2. The smallest absolute Gasteiger partial charge is 0.272 e. The highest BCUT2D eigenvalue weighted by molar-refractivity contribution is 7.99. The molecule has 0 saturated carbocycles. The summed E-state index contributed by atoms with van der Waals surface area (Å²) in [5, 5.41) is 3.84. The molecule has 4 nitrogen and oxygen atoms in total. The summed E-state index contributed by atoms with van der Waals surface area (Å²) in [6, 6.07) is 15.8. The van der Waals surface area contributed by atoms with Crippen molar-refractivity contribution in [2.24, 2.45) is 5.16 Å². The standard InChI is InChI=1S/C17H16N2O2S/c1-12(2)18-21-11-17(20)19-13-7-3-5-9-15(13)22-16-10-6-4-8-14(16)19/h3-10H,11H2,1-2H3. The summed E-state index contributed by atoms with van der Waals surface area (Å²) in [7, 11) is 0. The molecule has 0 N–H and O–H groups in total. The van der Waals surface area contributed by atoms with Gasteiger partial charge in [0, 0.05) is 9.79 Å². The minimum Gasteiger partial charge on any atom is -0.386 e. The maximum absolute atomic E-state index is 12.6. The Morgan fingerprint density at radius 2 is 1.59 bits per heavy atom. The lowest BCUT2D eigenvalue weighted by Crippen LogP contribution is -2.31. The van der Waals surface area contributed by atoms with Gasteiger partial charge in [-0.2, -0.15) is 0 Å². The normalized spacial score (nSPS) is 12.2. The van der Waals surface area contributed by atoms with Crippen LogP contribution in [0.25, 0.3) is 0 Å². The Morgan fingerprint density at radius 3 is 2.14 bits per heavy atom. The van der Waals surface area contributed by atoms with Gasteiger partial charge < -0.3 is 4.84 Å². The average molecular weight is 312 g/mol. The largest absolute Gasteiger partial charge is 0.386 e.